The zero-order chi connectivity index (χ0) is 15.6. The third-order valence-corrected chi connectivity index (χ3v) is 5.63. The molecule has 3 fully saturated rings. The number of carbonyl (C=O) groups excluding carboxylic acids is 2. The number of hydrogen-bond acceptors (Lipinski definition) is 3. The average Bonchev–Trinajstić information content (AvgIpc) is 2.97. The van der Waals surface area contributed by atoms with Crippen molar-refractivity contribution < 1.29 is 14.3 Å². The summed E-state index contributed by atoms with van der Waals surface area (Å²) in [7, 11) is 0. The molecule has 3 rings (SSSR count). The van der Waals surface area contributed by atoms with E-state index < -0.39 is 0 Å². The summed E-state index contributed by atoms with van der Waals surface area (Å²) >= 11 is 0. The van der Waals surface area contributed by atoms with E-state index in [1.165, 1.54) is 6.08 Å². The van der Waals surface area contributed by atoms with Crippen LogP contribution in [-0.2, 0) is 14.3 Å². The summed E-state index contributed by atoms with van der Waals surface area (Å²) in [6, 6.07) is 0. The second-order valence-corrected chi connectivity index (χ2v) is 6.93. The fourth-order valence-corrected chi connectivity index (χ4v) is 4.07. The minimum atomic E-state index is -0.0202. The summed E-state index contributed by atoms with van der Waals surface area (Å²) in [6.07, 6.45) is 6.22. The number of nitrogens with zero attached hydrogens (tertiary/aromatic N) is 2. The van der Waals surface area contributed by atoms with E-state index in [0.717, 1.165) is 58.4 Å². The molecule has 0 atom stereocenters. The average molecular weight is 306 g/mol. The molecule has 0 aliphatic carbocycles. The molecule has 0 saturated carbocycles. The Bertz CT molecular complexity index is 449. The molecule has 0 aromatic rings. The van der Waals surface area contributed by atoms with E-state index in [4.69, 9.17) is 4.74 Å². The largest absolute Gasteiger partial charge is 0.381 e. The van der Waals surface area contributed by atoms with Gasteiger partial charge in [0.15, 0.2) is 0 Å². The Kier molecular flexibility index (Phi) is 4.52. The van der Waals surface area contributed by atoms with Gasteiger partial charge in [-0.05, 0) is 43.6 Å². The first kappa shape index (κ1) is 15.5. The summed E-state index contributed by atoms with van der Waals surface area (Å²) < 4.78 is 5.46. The van der Waals surface area contributed by atoms with Gasteiger partial charge in [0.1, 0.15) is 0 Å². The maximum atomic E-state index is 12.7. The molecule has 3 aliphatic rings. The Balaban J connectivity index is 1.53. The molecule has 2 amide bonds. The van der Waals surface area contributed by atoms with Crippen molar-refractivity contribution in [3.05, 3.63) is 12.7 Å². The molecule has 22 heavy (non-hydrogen) atoms. The van der Waals surface area contributed by atoms with Gasteiger partial charge in [-0.15, -0.1) is 0 Å². The van der Waals surface area contributed by atoms with Crippen LogP contribution in [0.15, 0.2) is 12.7 Å². The van der Waals surface area contributed by atoms with Crippen LogP contribution in [0, 0.1) is 11.3 Å². The Hall–Kier alpha value is -1.36. The lowest BCUT2D eigenvalue weighted by Gasteiger charge is -2.35. The molecule has 3 aliphatic heterocycles. The van der Waals surface area contributed by atoms with E-state index in [2.05, 4.69) is 11.5 Å². The highest BCUT2D eigenvalue weighted by atomic mass is 16.5. The molecule has 122 valence electrons. The van der Waals surface area contributed by atoms with E-state index in [0.29, 0.717) is 24.4 Å². The molecule has 0 aromatic heterocycles. The van der Waals surface area contributed by atoms with Gasteiger partial charge >= 0.3 is 0 Å². The summed E-state index contributed by atoms with van der Waals surface area (Å²) in [5.74, 6) is 0.367. The van der Waals surface area contributed by atoms with Crippen molar-refractivity contribution >= 4 is 11.8 Å². The first-order valence-electron chi connectivity index (χ1n) is 8.41. The maximum absolute atomic E-state index is 12.7. The lowest BCUT2D eigenvalue weighted by molar-refractivity contribution is -0.139. The predicted molar refractivity (Wildman–Crippen MR) is 83.2 cm³/mol. The summed E-state index contributed by atoms with van der Waals surface area (Å²) in [5, 5.41) is 0. The van der Waals surface area contributed by atoms with Crippen molar-refractivity contribution in [2.24, 2.45) is 11.3 Å². The van der Waals surface area contributed by atoms with Crippen LogP contribution < -0.4 is 0 Å². The number of piperidine rings is 1. The van der Waals surface area contributed by atoms with Gasteiger partial charge in [-0.3, -0.25) is 9.59 Å². The van der Waals surface area contributed by atoms with Crippen LogP contribution in [0.25, 0.3) is 0 Å². The van der Waals surface area contributed by atoms with Gasteiger partial charge in [0.2, 0.25) is 11.8 Å². The monoisotopic (exact) mass is 306 g/mol. The molecular weight excluding hydrogens is 280 g/mol. The topological polar surface area (TPSA) is 49.9 Å². The van der Waals surface area contributed by atoms with Gasteiger partial charge in [0.05, 0.1) is 0 Å². The Labute approximate surface area is 132 Å². The van der Waals surface area contributed by atoms with Crippen molar-refractivity contribution in [1.29, 1.82) is 0 Å². The third-order valence-electron chi connectivity index (χ3n) is 5.63. The predicted octanol–water partition coefficient (Wildman–Crippen LogP) is 1.44. The number of likely N-dealkylation sites (tertiary alicyclic amines) is 2. The number of carbonyl (C=O) groups is 2. The van der Waals surface area contributed by atoms with Crippen molar-refractivity contribution in [2.75, 3.05) is 39.4 Å². The molecule has 3 saturated heterocycles. The highest BCUT2D eigenvalue weighted by molar-refractivity contribution is 5.87. The smallest absolute Gasteiger partial charge is 0.245 e. The number of rotatable bonds is 2. The number of ether oxygens (including phenoxy) is 1. The second kappa shape index (κ2) is 6.41. The maximum Gasteiger partial charge on any atom is 0.245 e. The molecule has 5 heteroatoms. The Morgan fingerprint density at radius 2 is 1.73 bits per heavy atom. The summed E-state index contributed by atoms with van der Waals surface area (Å²) in [5.41, 5.74) is 0.313. The fourth-order valence-electron chi connectivity index (χ4n) is 4.07. The third kappa shape index (κ3) is 3.05. The van der Waals surface area contributed by atoms with Gasteiger partial charge < -0.3 is 14.5 Å². The number of amides is 2. The van der Waals surface area contributed by atoms with Crippen LogP contribution in [0.5, 0.6) is 0 Å². The molecule has 3 heterocycles. The quantitative estimate of drug-likeness (QED) is 0.725. The van der Waals surface area contributed by atoms with Crippen molar-refractivity contribution in [1.82, 2.24) is 9.80 Å². The van der Waals surface area contributed by atoms with Crippen molar-refractivity contribution in [3.8, 4) is 0 Å². The van der Waals surface area contributed by atoms with E-state index in [1.54, 1.807) is 4.90 Å². The van der Waals surface area contributed by atoms with Crippen LogP contribution in [0.1, 0.15) is 32.1 Å². The van der Waals surface area contributed by atoms with Gasteiger partial charge in [-0.2, -0.15) is 0 Å². The van der Waals surface area contributed by atoms with E-state index in [9.17, 15) is 9.59 Å². The van der Waals surface area contributed by atoms with Gasteiger partial charge in [-0.1, -0.05) is 6.58 Å². The SMILES string of the molecule is C=CC(=O)N1CCC(C(=O)N2CCC3(CCOCC3)C2)CC1. The molecule has 0 bridgehead atoms. The second-order valence-electron chi connectivity index (χ2n) is 6.93. The first-order chi connectivity index (χ1) is 10.6. The Morgan fingerprint density at radius 3 is 2.36 bits per heavy atom. The van der Waals surface area contributed by atoms with E-state index in [1.807, 2.05) is 0 Å². The summed E-state index contributed by atoms with van der Waals surface area (Å²) in [4.78, 5) is 28.2. The van der Waals surface area contributed by atoms with E-state index >= 15 is 0 Å². The molecular formula is C17H26N2O3. The van der Waals surface area contributed by atoms with Crippen molar-refractivity contribution in [2.45, 2.75) is 32.1 Å². The van der Waals surface area contributed by atoms with Crippen LogP contribution in [0.2, 0.25) is 0 Å². The molecule has 0 unspecified atom stereocenters. The van der Waals surface area contributed by atoms with Crippen LogP contribution in [0.3, 0.4) is 0 Å². The minimum Gasteiger partial charge on any atom is -0.381 e. The molecule has 0 N–H and O–H groups in total. The number of hydrogen-bond donors (Lipinski definition) is 0. The molecule has 0 radical (unpaired) electrons. The first-order valence-corrected chi connectivity index (χ1v) is 8.41. The van der Waals surface area contributed by atoms with Gasteiger partial charge in [0.25, 0.3) is 0 Å². The molecule has 5 nitrogen and oxygen atoms in total. The fraction of sp³-hybridized carbons (Fsp3) is 0.765. The highest BCUT2D eigenvalue weighted by Gasteiger charge is 2.42. The molecule has 0 aromatic carbocycles. The normalized spacial score (nSPS) is 25.5. The van der Waals surface area contributed by atoms with Crippen molar-refractivity contribution in [3.63, 3.8) is 0 Å². The minimum absolute atomic E-state index is 0.0202. The van der Waals surface area contributed by atoms with Gasteiger partial charge in [-0.25, -0.2) is 0 Å². The summed E-state index contributed by atoms with van der Waals surface area (Å²) in [6.45, 7) is 8.35. The molecule has 1 spiro atoms. The van der Waals surface area contributed by atoms with Crippen LogP contribution in [0.4, 0.5) is 0 Å². The highest BCUT2D eigenvalue weighted by Crippen LogP contribution is 2.40. The zero-order valence-corrected chi connectivity index (χ0v) is 13.3. The lowest BCUT2D eigenvalue weighted by Crippen LogP contribution is -2.44. The van der Waals surface area contributed by atoms with E-state index in [-0.39, 0.29) is 11.8 Å². The lowest BCUT2D eigenvalue weighted by atomic mass is 9.79. The standard InChI is InChI=1S/C17H26N2O3/c1-2-15(20)18-8-3-14(4-9-18)16(21)19-10-5-17(13-19)6-11-22-12-7-17/h2,14H,1,3-13H2. The van der Waals surface area contributed by atoms with Crippen LogP contribution >= 0.6 is 0 Å². The Morgan fingerprint density at radius 1 is 1.05 bits per heavy atom. The zero-order valence-electron chi connectivity index (χ0n) is 13.3. The van der Waals surface area contributed by atoms with Crippen LogP contribution in [-0.4, -0.2) is 61.0 Å². The van der Waals surface area contributed by atoms with Gasteiger partial charge in [0, 0.05) is 45.3 Å².